The maximum atomic E-state index is 11.6. The molecule has 18 heavy (non-hydrogen) atoms. The van der Waals surface area contributed by atoms with Crippen molar-refractivity contribution in [3.05, 3.63) is 0 Å². The van der Waals surface area contributed by atoms with Crippen LogP contribution < -0.4 is 0 Å². The van der Waals surface area contributed by atoms with Crippen LogP contribution in [0.4, 0.5) is 0 Å². The van der Waals surface area contributed by atoms with Gasteiger partial charge in [-0.2, -0.15) is 0 Å². The van der Waals surface area contributed by atoms with Gasteiger partial charge in [-0.05, 0) is 37.5 Å². The van der Waals surface area contributed by atoms with E-state index >= 15 is 0 Å². The molecule has 4 heteroatoms. The van der Waals surface area contributed by atoms with E-state index in [-0.39, 0.29) is 17.9 Å². The molecule has 1 rings (SSSR count). The number of hydrogen-bond acceptors (Lipinski definition) is 4. The molecule has 0 N–H and O–H groups in total. The van der Waals surface area contributed by atoms with Crippen LogP contribution in [0.5, 0.6) is 0 Å². The second-order valence-corrected chi connectivity index (χ2v) is 5.77. The van der Waals surface area contributed by atoms with Crippen LogP contribution in [0.25, 0.3) is 0 Å². The maximum absolute atomic E-state index is 11.6. The van der Waals surface area contributed by atoms with Crippen molar-refractivity contribution in [1.82, 2.24) is 0 Å². The van der Waals surface area contributed by atoms with Gasteiger partial charge in [0.15, 0.2) is 0 Å². The van der Waals surface area contributed by atoms with Gasteiger partial charge in [-0.1, -0.05) is 20.8 Å². The maximum Gasteiger partial charge on any atom is 0.317 e. The minimum absolute atomic E-state index is 0.0415. The summed E-state index contributed by atoms with van der Waals surface area (Å²) in [4.78, 5) is 22.8. The molecule has 1 saturated carbocycles. The first-order valence-corrected chi connectivity index (χ1v) is 6.78. The Morgan fingerprint density at radius 1 is 1.28 bits per heavy atom. The van der Waals surface area contributed by atoms with E-state index < -0.39 is 11.9 Å². The molecule has 0 aromatic heterocycles. The lowest BCUT2D eigenvalue weighted by Gasteiger charge is -2.34. The molecule has 104 valence electrons. The van der Waals surface area contributed by atoms with Crippen LogP contribution in [0.2, 0.25) is 0 Å². The van der Waals surface area contributed by atoms with E-state index in [0.717, 1.165) is 25.7 Å². The van der Waals surface area contributed by atoms with E-state index in [1.807, 2.05) is 6.92 Å². The van der Waals surface area contributed by atoms with E-state index in [2.05, 4.69) is 13.8 Å². The standard InChI is InChI=1S/C14H24O4/c1-4-8-17-12(15)9-13(16)18-11-6-5-7-14(2,3)10-11/h11H,4-10H2,1-3H3. The van der Waals surface area contributed by atoms with Gasteiger partial charge in [0.1, 0.15) is 12.5 Å². The van der Waals surface area contributed by atoms with Crippen LogP contribution in [-0.4, -0.2) is 24.6 Å². The molecule has 0 radical (unpaired) electrons. The number of esters is 2. The first kappa shape index (κ1) is 15.0. The van der Waals surface area contributed by atoms with Gasteiger partial charge in [0, 0.05) is 0 Å². The molecular weight excluding hydrogens is 232 g/mol. The zero-order valence-corrected chi connectivity index (χ0v) is 11.7. The Labute approximate surface area is 109 Å². The van der Waals surface area contributed by atoms with E-state index in [4.69, 9.17) is 9.47 Å². The minimum atomic E-state index is -0.489. The molecule has 1 aliphatic carbocycles. The van der Waals surface area contributed by atoms with E-state index in [9.17, 15) is 9.59 Å². The van der Waals surface area contributed by atoms with Crippen LogP contribution in [0, 0.1) is 5.41 Å². The van der Waals surface area contributed by atoms with Gasteiger partial charge in [-0.25, -0.2) is 0 Å². The molecule has 1 fully saturated rings. The zero-order chi connectivity index (χ0) is 13.6. The van der Waals surface area contributed by atoms with Crippen LogP contribution in [0.1, 0.15) is 59.3 Å². The SMILES string of the molecule is CCCOC(=O)CC(=O)OC1CCCC(C)(C)C1. The van der Waals surface area contributed by atoms with Crippen molar-refractivity contribution in [1.29, 1.82) is 0 Å². The summed E-state index contributed by atoms with van der Waals surface area (Å²) in [6.45, 7) is 6.64. The molecule has 0 aromatic carbocycles. The fourth-order valence-corrected chi connectivity index (χ4v) is 2.34. The molecule has 0 bridgehead atoms. The summed E-state index contributed by atoms with van der Waals surface area (Å²) >= 11 is 0. The van der Waals surface area contributed by atoms with Crippen molar-refractivity contribution >= 4 is 11.9 Å². The summed E-state index contributed by atoms with van der Waals surface area (Å²) < 4.78 is 10.2. The van der Waals surface area contributed by atoms with Gasteiger partial charge in [0.2, 0.25) is 0 Å². The number of carbonyl (C=O) groups is 2. The highest BCUT2D eigenvalue weighted by Crippen LogP contribution is 2.36. The highest BCUT2D eigenvalue weighted by Gasteiger charge is 2.30. The largest absolute Gasteiger partial charge is 0.465 e. The lowest BCUT2D eigenvalue weighted by Crippen LogP contribution is -2.30. The Bertz CT molecular complexity index is 296. The molecule has 0 aliphatic heterocycles. The third-order valence-electron chi connectivity index (χ3n) is 3.21. The second kappa shape index (κ2) is 6.76. The van der Waals surface area contributed by atoms with E-state index in [1.165, 1.54) is 6.42 Å². The Balaban J connectivity index is 2.29. The average molecular weight is 256 g/mol. The third-order valence-corrected chi connectivity index (χ3v) is 3.21. The third kappa shape index (κ3) is 5.52. The van der Waals surface area contributed by atoms with E-state index in [0.29, 0.717) is 6.61 Å². The molecule has 0 saturated heterocycles. The molecule has 0 heterocycles. The predicted octanol–water partition coefficient (Wildman–Crippen LogP) is 2.84. The highest BCUT2D eigenvalue weighted by atomic mass is 16.6. The Kier molecular flexibility index (Phi) is 5.63. The van der Waals surface area contributed by atoms with E-state index in [1.54, 1.807) is 0 Å². The fourth-order valence-electron chi connectivity index (χ4n) is 2.34. The van der Waals surface area contributed by atoms with Crippen molar-refractivity contribution < 1.29 is 19.1 Å². The van der Waals surface area contributed by atoms with Gasteiger partial charge in [-0.3, -0.25) is 9.59 Å². The minimum Gasteiger partial charge on any atom is -0.465 e. The van der Waals surface area contributed by atoms with Gasteiger partial charge in [0.25, 0.3) is 0 Å². The topological polar surface area (TPSA) is 52.6 Å². The van der Waals surface area contributed by atoms with Crippen molar-refractivity contribution in [3.63, 3.8) is 0 Å². The van der Waals surface area contributed by atoms with Crippen molar-refractivity contribution in [2.75, 3.05) is 6.61 Å². The quantitative estimate of drug-likeness (QED) is 0.560. The van der Waals surface area contributed by atoms with Crippen molar-refractivity contribution in [3.8, 4) is 0 Å². The molecular formula is C14H24O4. The summed E-state index contributed by atoms with van der Waals surface area (Å²) in [7, 11) is 0. The van der Waals surface area contributed by atoms with Gasteiger partial charge in [0.05, 0.1) is 6.61 Å². The molecule has 4 nitrogen and oxygen atoms in total. The number of rotatable bonds is 5. The summed E-state index contributed by atoms with van der Waals surface area (Å²) in [5, 5.41) is 0. The predicted molar refractivity (Wildman–Crippen MR) is 68.0 cm³/mol. The number of ether oxygens (including phenoxy) is 2. The second-order valence-electron chi connectivity index (χ2n) is 5.77. The molecule has 1 unspecified atom stereocenters. The monoisotopic (exact) mass is 256 g/mol. The Hall–Kier alpha value is -1.06. The number of carbonyl (C=O) groups excluding carboxylic acids is 2. The molecule has 1 aliphatic rings. The van der Waals surface area contributed by atoms with Crippen LogP contribution >= 0.6 is 0 Å². The summed E-state index contributed by atoms with van der Waals surface area (Å²) in [6, 6.07) is 0. The van der Waals surface area contributed by atoms with Crippen LogP contribution in [0.15, 0.2) is 0 Å². The summed E-state index contributed by atoms with van der Waals surface area (Å²) in [5.74, 6) is -0.948. The fraction of sp³-hybridized carbons (Fsp3) is 0.857. The molecule has 1 atom stereocenters. The molecule has 0 spiro atoms. The normalized spacial score (nSPS) is 22.3. The van der Waals surface area contributed by atoms with Crippen LogP contribution in [0.3, 0.4) is 0 Å². The van der Waals surface area contributed by atoms with Crippen LogP contribution in [-0.2, 0) is 19.1 Å². The van der Waals surface area contributed by atoms with Crippen molar-refractivity contribution in [2.45, 2.75) is 65.4 Å². The van der Waals surface area contributed by atoms with Gasteiger partial charge < -0.3 is 9.47 Å². The molecule has 0 aromatic rings. The lowest BCUT2D eigenvalue weighted by molar-refractivity contribution is -0.159. The first-order chi connectivity index (χ1) is 8.43. The van der Waals surface area contributed by atoms with Gasteiger partial charge in [-0.15, -0.1) is 0 Å². The first-order valence-electron chi connectivity index (χ1n) is 6.78. The zero-order valence-electron chi connectivity index (χ0n) is 11.7. The summed E-state index contributed by atoms with van der Waals surface area (Å²) in [6.07, 6.45) is 4.47. The average Bonchev–Trinajstić information content (AvgIpc) is 2.24. The summed E-state index contributed by atoms with van der Waals surface area (Å²) in [5.41, 5.74) is 0.228. The molecule has 0 amide bonds. The number of hydrogen-bond donors (Lipinski definition) is 0. The van der Waals surface area contributed by atoms with Crippen molar-refractivity contribution in [2.24, 2.45) is 5.41 Å². The highest BCUT2D eigenvalue weighted by molar-refractivity contribution is 5.91. The Morgan fingerprint density at radius 2 is 2.00 bits per heavy atom. The van der Waals surface area contributed by atoms with Gasteiger partial charge >= 0.3 is 11.9 Å². The Morgan fingerprint density at radius 3 is 2.61 bits per heavy atom. The smallest absolute Gasteiger partial charge is 0.317 e. The lowest BCUT2D eigenvalue weighted by atomic mass is 9.76.